The molecule has 1 atom stereocenters. The highest BCUT2D eigenvalue weighted by Crippen LogP contribution is 2.25. The fraction of sp³-hybridized carbons (Fsp3) is 0.350. The van der Waals surface area contributed by atoms with Gasteiger partial charge in [-0.2, -0.15) is 0 Å². The van der Waals surface area contributed by atoms with E-state index in [1.807, 2.05) is 12.1 Å². The zero-order valence-electron chi connectivity index (χ0n) is 15.9. The Bertz CT molecular complexity index is 941. The van der Waals surface area contributed by atoms with Gasteiger partial charge in [0.25, 0.3) is 0 Å². The van der Waals surface area contributed by atoms with E-state index in [4.69, 9.17) is 0 Å². The number of carbonyl (C=O) groups is 1. The van der Waals surface area contributed by atoms with Gasteiger partial charge >= 0.3 is 0 Å². The van der Waals surface area contributed by atoms with Crippen molar-refractivity contribution < 1.29 is 17.6 Å². The van der Waals surface area contributed by atoms with Crippen LogP contribution in [0, 0.1) is 5.82 Å². The first-order chi connectivity index (χ1) is 13.3. The van der Waals surface area contributed by atoms with Crippen LogP contribution in [0.4, 0.5) is 21.5 Å². The van der Waals surface area contributed by atoms with Crippen LogP contribution in [0.3, 0.4) is 0 Å². The third-order valence-electron chi connectivity index (χ3n) is 4.78. The summed E-state index contributed by atoms with van der Waals surface area (Å²) in [7, 11) is -3.87. The zero-order chi connectivity index (χ0) is 20.3. The third kappa shape index (κ3) is 4.44. The van der Waals surface area contributed by atoms with Crippen LogP contribution in [0.5, 0.6) is 0 Å². The van der Waals surface area contributed by atoms with Gasteiger partial charge in [0.1, 0.15) is 11.9 Å². The summed E-state index contributed by atoms with van der Waals surface area (Å²) in [4.78, 5) is 15.0. The van der Waals surface area contributed by atoms with Crippen LogP contribution in [0.2, 0.25) is 0 Å². The van der Waals surface area contributed by atoms with Crippen molar-refractivity contribution in [3.8, 4) is 0 Å². The monoisotopic (exact) mass is 405 g/mol. The molecule has 1 heterocycles. The fourth-order valence-corrected chi connectivity index (χ4v) is 4.56. The van der Waals surface area contributed by atoms with E-state index in [1.165, 1.54) is 38.0 Å². The van der Waals surface area contributed by atoms with Crippen molar-refractivity contribution >= 4 is 33.0 Å². The van der Waals surface area contributed by atoms with Gasteiger partial charge in [0.2, 0.25) is 15.9 Å². The van der Waals surface area contributed by atoms with Gasteiger partial charge in [0.15, 0.2) is 0 Å². The molecule has 3 rings (SSSR count). The Morgan fingerprint density at radius 1 is 1.11 bits per heavy atom. The van der Waals surface area contributed by atoms with Crippen molar-refractivity contribution in [3.05, 3.63) is 54.3 Å². The molecule has 150 valence electrons. The Labute approximate surface area is 165 Å². The molecule has 1 fully saturated rings. The molecular weight excluding hydrogens is 381 g/mol. The number of hydrogen-bond donors (Lipinski definition) is 1. The summed E-state index contributed by atoms with van der Waals surface area (Å²) < 4.78 is 39.5. The molecule has 1 aliphatic rings. The maximum absolute atomic E-state index is 14.2. The van der Waals surface area contributed by atoms with E-state index in [0.717, 1.165) is 35.4 Å². The number of anilines is 3. The molecule has 1 N–H and O–H groups in total. The van der Waals surface area contributed by atoms with Gasteiger partial charge < -0.3 is 10.2 Å². The molecule has 6 nitrogen and oxygen atoms in total. The van der Waals surface area contributed by atoms with Crippen molar-refractivity contribution in [2.75, 3.05) is 33.9 Å². The van der Waals surface area contributed by atoms with Crippen molar-refractivity contribution in [2.24, 2.45) is 0 Å². The molecule has 0 aliphatic carbocycles. The summed E-state index contributed by atoms with van der Waals surface area (Å²) in [6.45, 7) is 3.48. The van der Waals surface area contributed by atoms with Crippen LogP contribution in [0.15, 0.2) is 48.5 Å². The number of rotatable bonds is 6. The number of sulfonamides is 1. The first-order valence-electron chi connectivity index (χ1n) is 9.17. The average molecular weight is 405 g/mol. The molecule has 2 aromatic rings. The normalized spacial score (nSPS) is 15.3. The minimum Gasteiger partial charge on any atom is -0.372 e. The van der Waals surface area contributed by atoms with E-state index in [-0.39, 0.29) is 5.69 Å². The molecule has 2 aromatic carbocycles. The number of hydrogen-bond acceptors (Lipinski definition) is 4. The first kappa shape index (κ1) is 20.1. The van der Waals surface area contributed by atoms with Gasteiger partial charge in [-0.05, 0) is 56.2 Å². The second-order valence-corrected chi connectivity index (χ2v) is 8.78. The molecule has 1 aliphatic heterocycles. The van der Waals surface area contributed by atoms with Crippen molar-refractivity contribution in [2.45, 2.75) is 25.8 Å². The fourth-order valence-electron chi connectivity index (χ4n) is 3.39. The Morgan fingerprint density at radius 2 is 1.71 bits per heavy atom. The van der Waals surface area contributed by atoms with E-state index in [2.05, 4.69) is 10.2 Å². The van der Waals surface area contributed by atoms with Crippen LogP contribution < -0.4 is 14.5 Å². The third-order valence-corrected chi connectivity index (χ3v) is 6.01. The Morgan fingerprint density at radius 3 is 2.29 bits per heavy atom. The molecule has 0 saturated carbocycles. The topological polar surface area (TPSA) is 69.7 Å². The number of amides is 1. The standard InChI is InChI=1S/C20H24FN3O3S/c1-15(24(28(2,26)27)19-8-4-3-7-18(19)21)20(25)22-16-9-11-17(12-10-16)23-13-5-6-14-23/h3-4,7-12,15H,5-6,13-14H2,1-2H3,(H,22,25)/t15-/m1/s1. The van der Waals surface area contributed by atoms with Crippen LogP contribution >= 0.6 is 0 Å². The molecule has 0 radical (unpaired) electrons. The second-order valence-electron chi connectivity index (χ2n) is 6.92. The number of carbonyl (C=O) groups excluding carboxylic acids is 1. The van der Waals surface area contributed by atoms with E-state index < -0.39 is 27.8 Å². The molecular formula is C20H24FN3O3S. The highest BCUT2D eigenvalue weighted by molar-refractivity contribution is 7.92. The maximum atomic E-state index is 14.2. The number of nitrogens with one attached hydrogen (secondary N) is 1. The molecule has 0 bridgehead atoms. The van der Waals surface area contributed by atoms with Crippen LogP contribution in [0.25, 0.3) is 0 Å². The second kappa shape index (κ2) is 8.18. The van der Waals surface area contributed by atoms with Crippen LogP contribution in [-0.4, -0.2) is 39.7 Å². The lowest BCUT2D eigenvalue weighted by molar-refractivity contribution is -0.116. The highest BCUT2D eigenvalue weighted by atomic mass is 32.2. The largest absolute Gasteiger partial charge is 0.372 e. The predicted octanol–water partition coefficient (Wildman–Crippen LogP) is 3.22. The summed E-state index contributed by atoms with van der Waals surface area (Å²) in [5.41, 5.74) is 1.49. The van der Waals surface area contributed by atoms with Crippen LogP contribution in [-0.2, 0) is 14.8 Å². The van der Waals surface area contributed by atoms with Crippen LogP contribution in [0.1, 0.15) is 19.8 Å². The van der Waals surface area contributed by atoms with Gasteiger partial charge in [-0.15, -0.1) is 0 Å². The molecule has 0 unspecified atom stereocenters. The Balaban J connectivity index is 1.77. The zero-order valence-corrected chi connectivity index (χ0v) is 16.7. The number of halogens is 1. The van der Waals surface area contributed by atoms with Crippen molar-refractivity contribution in [3.63, 3.8) is 0 Å². The van der Waals surface area contributed by atoms with Gasteiger partial charge in [0.05, 0.1) is 11.9 Å². The average Bonchev–Trinajstić information content (AvgIpc) is 3.17. The minimum absolute atomic E-state index is 0.156. The molecule has 1 amide bonds. The highest BCUT2D eigenvalue weighted by Gasteiger charge is 2.31. The summed E-state index contributed by atoms with van der Waals surface area (Å²) in [5, 5.41) is 2.72. The van der Waals surface area contributed by atoms with Crippen molar-refractivity contribution in [1.29, 1.82) is 0 Å². The van der Waals surface area contributed by atoms with Crippen molar-refractivity contribution in [1.82, 2.24) is 0 Å². The Kier molecular flexibility index (Phi) is 5.88. The summed E-state index contributed by atoms with van der Waals surface area (Å²) >= 11 is 0. The van der Waals surface area contributed by atoms with E-state index in [1.54, 1.807) is 12.1 Å². The molecule has 8 heteroatoms. The lowest BCUT2D eigenvalue weighted by Crippen LogP contribution is -2.45. The minimum atomic E-state index is -3.87. The molecule has 1 saturated heterocycles. The smallest absolute Gasteiger partial charge is 0.247 e. The number of nitrogens with zero attached hydrogens (tertiary/aromatic N) is 2. The SMILES string of the molecule is C[C@H](C(=O)Nc1ccc(N2CCCC2)cc1)N(c1ccccc1F)S(C)(=O)=O. The summed E-state index contributed by atoms with van der Waals surface area (Å²) in [5.74, 6) is -1.25. The Hall–Kier alpha value is -2.61. The summed E-state index contributed by atoms with van der Waals surface area (Å²) in [6, 6.07) is 11.8. The quantitative estimate of drug-likeness (QED) is 0.801. The lowest BCUT2D eigenvalue weighted by atomic mass is 10.2. The lowest BCUT2D eigenvalue weighted by Gasteiger charge is -2.28. The van der Waals surface area contributed by atoms with Gasteiger partial charge in [0, 0.05) is 24.5 Å². The van der Waals surface area contributed by atoms with E-state index in [9.17, 15) is 17.6 Å². The van der Waals surface area contributed by atoms with E-state index >= 15 is 0 Å². The first-order valence-corrected chi connectivity index (χ1v) is 11.0. The molecule has 28 heavy (non-hydrogen) atoms. The van der Waals surface area contributed by atoms with Gasteiger partial charge in [-0.25, -0.2) is 12.8 Å². The maximum Gasteiger partial charge on any atom is 0.247 e. The number of benzene rings is 2. The van der Waals surface area contributed by atoms with Gasteiger partial charge in [-0.1, -0.05) is 12.1 Å². The predicted molar refractivity (Wildman–Crippen MR) is 110 cm³/mol. The van der Waals surface area contributed by atoms with Gasteiger partial charge in [-0.3, -0.25) is 9.10 Å². The summed E-state index contributed by atoms with van der Waals surface area (Å²) in [6.07, 6.45) is 3.30. The number of para-hydroxylation sites is 1. The molecule has 0 spiro atoms. The van der Waals surface area contributed by atoms with E-state index in [0.29, 0.717) is 5.69 Å². The molecule has 0 aromatic heterocycles.